The fraction of sp³-hybridized carbons (Fsp3) is 0.429. The average molecular weight is 244 g/mol. The molecule has 0 aliphatic heterocycles. The van der Waals surface area contributed by atoms with E-state index in [4.69, 9.17) is 0 Å². The van der Waals surface area contributed by atoms with Crippen molar-refractivity contribution in [1.29, 1.82) is 0 Å². The molecule has 1 unspecified atom stereocenters. The Morgan fingerprint density at radius 2 is 2.00 bits per heavy atom. The highest BCUT2D eigenvalue weighted by Gasteiger charge is 2.07. The van der Waals surface area contributed by atoms with Crippen molar-refractivity contribution in [3.05, 3.63) is 47.5 Å². The number of rotatable bonds is 5. The lowest BCUT2D eigenvalue weighted by atomic mass is 10.1. The van der Waals surface area contributed by atoms with Crippen molar-refractivity contribution in [2.75, 3.05) is 0 Å². The lowest BCUT2D eigenvalue weighted by molar-refractivity contribution is 0.523. The van der Waals surface area contributed by atoms with Crippen LogP contribution in [0, 0.1) is 6.92 Å². The van der Waals surface area contributed by atoms with Crippen LogP contribution < -0.4 is 5.32 Å². The summed E-state index contributed by atoms with van der Waals surface area (Å²) >= 11 is 0. The molecule has 96 valence electrons. The zero-order valence-corrected chi connectivity index (χ0v) is 11.2. The molecule has 0 fully saturated rings. The van der Waals surface area contributed by atoms with Crippen molar-refractivity contribution in [2.24, 2.45) is 0 Å². The highest BCUT2D eigenvalue weighted by molar-refractivity contribution is 5.23. The molecule has 0 aliphatic rings. The second-order valence-corrected chi connectivity index (χ2v) is 4.51. The van der Waals surface area contributed by atoms with E-state index in [1.54, 1.807) is 6.33 Å². The molecule has 1 N–H and O–H groups in total. The molecule has 4 nitrogen and oxygen atoms in total. The van der Waals surface area contributed by atoms with Crippen LogP contribution in [0.15, 0.2) is 30.6 Å². The molecule has 1 aromatic heterocycles. The van der Waals surface area contributed by atoms with Crippen molar-refractivity contribution in [3.8, 4) is 0 Å². The maximum absolute atomic E-state index is 4.26. The van der Waals surface area contributed by atoms with E-state index in [1.165, 1.54) is 11.1 Å². The molecule has 1 aromatic carbocycles. The van der Waals surface area contributed by atoms with Crippen LogP contribution in [0.5, 0.6) is 0 Å². The van der Waals surface area contributed by atoms with E-state index >= 15 is 0 Å². The highest BCUT2D eigenvalue weighted by Crippen LogP contribution is 2.13. The third-order valence-corrected chi connectivity index (χ3v) is 3.14. The van der Waals surface area contributed by atoms with Crippen LogP contribution >= 0.6 is 0 Å². The van der Waals surface area contributed by atoms with Gasteiger partial charge in [0, 0.05) is 12.6 Å². The molecule has 0 spiro atoms. The SMILES string of the molecule is CCn1ncnc1CNC(C)c1ccc(C)cc1. The van der Waals surface area contributed by atoms with E-state index < -0.39 is 0 Å². The van der Waals surface area contributed by atoms with Crippen LogP contribution in [0.3, 0.4) is 0 Å². The summed E-state index contributed by atoms with van der Waals surface area (Å²) in [6, 6.07) is 8.92. The van der Waals surface area contributed by atoms with Crippen molar-refractivity contribution >= 4 is 0 Å². The van der Waals surface area contributed by atoms with Gasteiger partial charge in [-0.25, -0.2) is 9.67 Å². The van der Waals surface area contributed by atoms with E-state index in [0.717, 1.165) is 18.9 Å². The van der Waals surface area contributed by atoms with Gasteiger partial charge in [0.2, 0.25) is 0 Å². The van der Waals surface area contributed by atoms with Gasteiger partial charge in [0.15, 0.2) is 0 Å². The molecule has 4 heteroatoms. The molecular weight excluding hydrogens is 224 g/mol. The van der Waals surface area contributed by atoms with Gasteiger partial charge < -0.3 is 5.32 Å². The Labute approximate surface area is 108 Å². The van der Waals surface area contributed by atoms with E-state index in [0.29, 0.717) is 6.04 Å². The normalized spacial score (nSPS) is 12.6. The molecule has 0 saturated heterocycles. The molecule has 2 aromatic rings. The van der Waals surface area contributed by atoms with Crippen molar-refractivity contribution in [3.63, 3.8) is 0 Å². The minimum absolute atomic E-state index is 0.313. The second-order valence-electron chi connectivity index (χ2n) is 4.51. The molecule has 18 heavy (non-hydrogen) atoms. The van der Waals surface area contributed by atoms with Gasteiger partial charge in [-0.15, -0.1) is 0 Å². The average Bonchev–Trinajstić information content (AvgIpc) is 2.84. The lowest BCUT2D eigenvalue weighted by Gasteiger charge is -2.14. The van der Waals surface area contributed by atoms with E-state index in [1.807, 2.05) is 4.68 Å². The number of hydrogen-bond acceptors (Lipinski definition) is 3. The van der Waals surface area contributed by atoms with Gasteiger partial charge in [-0.1, -0.05) is 29.8 Å². The van der Waals surface area contributed by atoms with Gasteiger partial charge in [-0.05, 0) is 26.3 Å². The Balaban J connectivity index is 1.96. The standard InChI is InChI=1S/C14H20N4/c1-4-18-14(16-10-17-18)9-15-12(3)13-7-5-11(2)6-8-13/h5-8,10,12,15H,4,9H2,1-3H3. The zero-order chi connectivity index (χ0) is 13.0. The fourth-order valence-electron chi connectivity index (χ4n) is 1.91. The predicted octanol–water partition coefficient (Wildman–Crippen LogP) is 2.46. The van der Waals surface area contributed by atoms with Crippen LogP contribution in [0.2, 0.25) is 0 Å². The minimum Gasteiger partial charge on any atom is -0.303 e. The third kappa shape index (κ3) is 2.96. The quantitative estimate of drug-likeness (QED) is 0.878. The van der Waals surface area contributed by atoms with Crippen LogP contribution in [-0.2, 0) is 13.1 Å². The Hall–Kier alpha value is -1.68. The third-order valence-electron chi connectivity index (χ3n) is 3.14. The predicted molar refractivity (Wildman–Crippen MR) is 72.1 cm³/mol. The summed E-state index contributed by atoms with van der Waals surface area (Å²) in [4.78, 5) is 4.26. The van der Waals surface area contributed by atoms with Crippen molar-refractivity contribution in [1.82, 2.24) is 20.1 Å². The maximum Gasteiger partial charge on any atom is 0.140 e. The number of aryl methyl sites for hydroxylation is 2. The second kappa shape index (κ2) is 5.78. The Kier molecular flexibility index (Phi) is 4.10. The van der Waals surface area contributed by atoms with E-state index in [-0.39, 0.29) is 0 Å². The van der Waals surface area contributed by atoms with Gasteiger partial charge in [0.1, 0.15) is 12.2 Å². The lowest BCUT2D eigenvalue weighted by Crippen LogP contribution is -2.21. The molecule has 0 aliphatic carbocycles. The zero-order valence-electron chi connectivity index (χ0n) is 11.2. The summed E-state index contributed by atoms with van der Waals surface area (Å²) in [6.07, 6.45) is 1.61. The molecule has 2 rings (SSSR count). The summed E-state index contributed by atoms with van der Waals surface area (Å²) in [5, 5.41) is 7.63. The number of nitrogens with zero attached hydrogens (tertiary/aromatic N) is 3. The molecule has 0 radical (unpaired) electrons. The summed E-state index contributed by atoms with van der Waals surface area (Å²) in [5.41, 5.74) is 2.58. The molecule has 0 saturated carbocycles. The monoisotopic (exact) mass is 244 g/mol. The Morgan fingerprint density at radius 3 is 2.67 bits per heavy atom. The van der Waals surface area contributed by atoms with E-state index in [2.05, 4.69) is 60.4 Å². The topological polar surface area (TPSA) is 42.7 Å². The Bertz CT molecular complexity index is 487. The summed E-state index contributed by atoms with van der Waals surface area (Å²) < 4.78 is 1.91. The number of hydrogen-bond donors (Lipinski definition) is 1. The molecular formula is C14H20N4. The molecule has 1 heterocycles. The van der Waals surface area contributed by atoms with Gasteiger partial charge in [-0.3, -0.25) is 0 Å². The number of aromatic nitrogens is 3. The molecule has 1 atom stereocenters. The van der Waals surface area contributed by atoms with Crippen molar-refractivity contribution in [2.45, 2.75) is 39.9 Å². The van der Waals surface area contributed by atoms with Gasteiger partial charge in [0.25, 0.3) is 0 Å². The van der Waals surface area contributed by atoms with Crippen molar-refractivity contribution < 1.29 is 0 Å². The van der Waals surface area contributed by atoms with Crippen LogP contribution in [-0.4, -0.2) is 14.8 Å². The first-order valence-corrected chi connectivity index (χ1v) is 6.37. The number of nitrogens with one attached hydrogen (secondary N) is 1. The van der Waals surface area contributed by atoms with Crippen LogP contribution in [0.1, 0.15) is 36.8 Å². The Morgan fingerprint density at radius 1 is 1.28 bits per heavy atom. The summed E-state index contributed by atoms with van der Waals surface area (Å²) in [7, 11) is 0. The van der Waals surface area contributed by atoms with Gasteiger partial charge in [0.05, 0.1) is 6.54 Å². The first-order valence-electron chi connectivity index (χ1n) is 6.37. The first-order chi connectivity index (χ1) is 8.70. The molecule has 0 bridgehead atoms. The van der Waals surface area contributed by atoms with Gasteiger partial charge in [-0.2, -0.15) is 5.10 Å². The molecule has 0 amide bonds. The smallest absolute Gasteiger partial charge is 0.140 e. The van der Waals surface area contributed by atoms with Crippen LogP contribution in [0.4, 0.5) is 0 Å². The maximum atomic E-state index is 4.26. The highest BCUT2D eigenvalue weighted by atomic mass is 15.3. The van der Waals surface area contributed by atoms with Crippen LogP contribution in [0.25, 0.3) is 0 Å². The van der Waals surface area contributed by atoms with Gasteiger partial charge >= 0.3 is 0 Å². The first kappa shape index (κ1) is 12.8. The number of benzene rings is 1. The minimum atomic E-state index is 0.313. The largest absolute Gasteiger partial charge is 0.303 e. The summed E-state index contributed by atoms with van der Waals surface area (Å²) in [5.74, 6) is 0.983. The fourth-order valence-corrected chi connectivity index (χ4v) is 1.91. The summed E-state index contributed by atoms with van der Waals surface area (Å²) in [6.45, 7) is 7.93. The van der Waals surface area contributed by atoms with E-state index in [9.17, 15) is 0 Å².